The Labute approximate surface area is 118 Å². The molecule has 1 aromatic carbocycles. The van der Waals surface area contributed by atoms with Crippen molar-refractivity contribution in [1.29, 1.82) is 0 Å². The molecule has 1 aliphatic heterocycles. The second-order valence-electron chi connectivity index (χ2n) is 4.89. The number of aryl methyl sites for hydroxylation is 1. The molecule has 18 heavy (non-hydrogen) atoms. The lowest BCUT2D eigenvalue weighted by atomic mass is 10.0. The lowest BCUT2D eigenvalue weighted by Crippen LogP contribution is -2.35. The first-order chi connectivity index (χ1) is 8.79. The molecule has 2 rings (SSSR count). The minimum Gasteiger partial charge on any atom is -0.493 e. The van der Waals surface area contributed by atoms with Crippen LogP contribution in [0.15, 0.2) is 22.7 Å². The van der Waals surface area contributed by atoms with E-state index in [-0.39, 0.29) is 0 Å². The second kappa shape index (κ2) is 7.15. The Morgan fingerprint density at radius 1 is 1.39 bits per heavy atom. The van der Waals surface area contributed by atoms with Gasteiger partial charge < -0.3 is 10.1 Å². The van der Waals surface area contributed by atoms with Crippen molar-refractivity contribution in [2.24, 2.45) is 0 Å². The Bertz CT molecular complexity index is 375. The highest BCUT2D eigenvalue weighted by molar-refractivity contribution is 9.10. The largest absolute Gasteiger partial charge is 0.493 e. The van der Waals surface area contributed by atoms with E-state index in [2.05, 4.69) is 40.3 Å². The monoisotopic (exact) mass is 311 g/mol. The fourth-order valence-electron chi connectivity index (χ4n) is 2.45. The molecule has 1 atom stereocenters. The number of benzene rings is 1. The van der Waals surface area contributed by atoms with Crippen LogP contribution in [0.3, 0.4) is 0 Å². The van der Waals surface area contributed by atoms with Gasteiger partial charge in [-0.2, -0.15) is 0 Å². The van der Waals surface area contributed by atoms with Crippen LogP contribution in [0.5, 0.6) is 5.75 Å². The second-order valence-corrected chi connectivity index (χ2v) is 5.81. The van der Waals surface area contributed by atoms with Gasteiger partial charge in [-0.05, 0) is 56.0 Å². The molecule has 0 radical (unpaired) electrons. The van der Waals surface area contributed by atoms with E-state index in [9.17, 15) is 0 Å². The minimum absolute atomic E-state index is 0.652. The highest BCUT2D eigenvalue weighted by atomic mass is 79.9. The molecule has 0 unspecified atom stereocenters. The first-order valence-corrected chi connectivity index (χ1v) is 7.73. The summed E-state index contributed by atoms with van der Waals surface area (Å²) in [5.41, 5.74) is 1.28. The average Bonchev–Trinajstić information content (AvgIpc) is 2.41. The number of piperidine rings is 1. The van der Waals surface area contributed by atoms with Crippen LogP contribution in [0.1, 0.15) is 38.2 Å². The Hall–Kier alpha value is -0.540. The van der Waals surface area contributed by atoms with Crippen LogP contribution >= 0.6 is 15.9 Å². The van der Waals surface area contributed by atoms with Crippen molar-refractivity contribution < 1.29 is 4.74 Å². The molecule has 0 spiro atoms. The smallest absolute Gasteiger partial charge is 0.122 e. The predicted molar refractivity (Wildman–Crippen MR) is 79.3 cm³/mol. The fraction of sp³-hybridized carbons (Fsp3) is 0.600. The number of hydrogen-bond donors (Lipinski definition) is 1. The van der Waals surface area contributed by atoms with E-state index in [1.54, 1.807) is 0 Å². The van der Waals surface area contributed by atoms with Crippen molar-refractivity contribution in [2.75, 3.05) is 13.2 Å². The van der Waals surface area contributed by atoms with Crippen molar-refractivity contribution in [3.8, 4) is 5.75 Å². The quantitative estimate of drug-likeness (QED) is 0.890. The van der Waals surface area contributed by atoms with Crippen molar-refractivity contribution >= 4 is 15.9 Å². The summed E-state index contributed by atoms with van der Waals surface area (Å²) in [6.07, 6.45) is 6.10. The van der Waals surface area contributed by atoms with Gasteiger partial charge in [-0.1, -0.05) is 29.3 Å². The van der Waals surface area contributed by atoms with Gasteiger partial charge in [0.15, 0.2) is 0 Å². The zero-order valence-corrected chi connectivity index (χ0v) is 12.6. The number of rotatable bonds is 5. The van der Waals surface area contributed by atoms with Crippen molar-refractivity contribution in [3.63, 3.8) is 0 Å². The number of nitrogens with one attached hydrogen (secondary N) is 1. The number of hydrogen-bond acceptors (Lipinski definition) is 2. The molecule has 0 saturated carbocycles. The van der Waals surface area contributed by atoms with Gasteiger partial charge in [-0.25, -0.2) is 0 Å². The van der Waals surface area contributed by atoms with Gasteiger partial charge >= 0.3 is 0 Å². The molecule has 3 heteroatoms. The van der Waals surface area contributed by atoms with Gasteiger partial charge in [0.2, 0.25) is 0 Å². The maximum absolute atomic E-state index is 5.92. The van der Waals surface area contributed by atoms with E-state index < -0.39 is 0 Å². The predicted octanol–water partition coefficient (Wildman–Crippen LogP) is 3.92. The SMILES string of the molecule is CCc1cc(Br)ccc1OCC[C@@H]1CCCCN1. The lowest BCUT2D eigenvalue weighted by Gasteiger charge is -2.23. The topological polar surface area (TPSA) is 21.3 Å². The van der Waals surface area contributed by atoms with Gasteiger partial charge in [0, 0.05) is 10.5 Å². The van der Waals surface area contributed by atoms with Crippen LogP contribution < -0.4 is 10.1 Å². The first-order valence-electron chi connectivity index (χ1n) is 6.94. The third-order valence-electron chi connectivity index (χ3n) is 3.54. The molecule has 1 fully saturated rings. The molecular formula is C15H22BrNO. The summed E-state index contributed by atoms with van der Waals surface area (Å²) in [7, 11) is 0. The molecule has 0 aliphatic carbocycles. The molecule has 1 heterocycles. The van der Waals surface area contributed by atoms with Gasteiger partial charge in [-0.3, -0.25) is 0 Å². The van der Waals surface area contributed by atoms with Crippen LogP contribution in [0, 0.1) is 0 Å². The third-order valence-corrected chi connectivity index (χ3v) is 4.03. The van der Waals surface area contributed by atoms with Crippen molar-refractivity contribution in [1.82, 2.24) is 5.32 Å². The molecule has 1 saturated heterocycles. The Morgan fingerprint density at radius 3 is 3.00 bits per heavy atom. The number of halogens is 1. The molecule has 0 aromatic heterocycles. The summed E-state index contributed by atoms with van der Waals surface area (Å²) >= 11 is 3.50. The van der Waals surface area contributed by atoms with Crippen LogP contribution in [0.2, 0.25) is 0 Å². The van der Waals surface area contributed by atoms with Crippen LogP contribution in [-0.2, 0) is 6.42 Å². The number of ether oxygens (including phenoxy) is 1. The summed E-state index contributed by atoms with van der Waals surface area (Å²) in [6.45, 7) is 4.15. The zero-order valence-electron chi connectivity index (χ0n) is 11.0. The summed E-state index contributed by atoms with van der Waals surface area (Å²) < 4.78 is 7.05. The van der Waals surface area contributed by atoms with E-state index >= 15 is 0 Å². The van der Waals surface area contributed by atoms with E-state index in [1.807, 2.05) is 6.07 Å². The third kappa shape index (κ3) is 3.99. The Kier molecular flexibility index (Phi) is 5.51. The summed E-state index contributed by atoms with van der Waals surface area (Å²) in [5.74, 6) is 1.04. The Balaban J connectivity index is 1.82. The highest BCUT2D eigenvalue weighted by Crippen LogP contribution is 2.24. The maximum atomic E-state index is 5.92. The van der Waals surface area contributed by atoms with Crippen molar-refractivity contribution in [2.45, 2.75) is 45.1 Å². The van der Waals surface area contributed by atoms with E-state index in [4.69, 9.17) is 4.74 Å². The highest BCUT2D eigenvalue weighted by Gasteiger charge is 2.12. The molecule has 100 valence electrons. The van der Waals surface area contributed by atoms with Gasteiger partial charge in [-0.15, -0.1) is 0 Å². The molecule has 2 nitrogen and oxygen atoms in total. The summed E-state index contributed by atoms with van der Waals surface area (Å²) in [4.78, 5) is 0. The van der Waals surface area contributed by atoms with Gasteiger partial charge in [0.1, 0.15) is 5.75 Å². The van der Waals surface area contributed by atoms with Gasteiger partial charge in [0.05, 0.1) is 6.61 Å². The molecule has 1 aliphatic rings. The molecular weight excluding hydrogens is 290 g/mol. The Morgan fingerprint density at radius 2 is 2.28 bits per heavy atom. The first kappa shape index (κ1) is 13.9. The molecule has 1 N–H and O–H groups in total. The molecule has 0 bridgehead atoms. The van der Waals surface area contributed by atoms with Crippen LogP contribution in [0.4, 0.5) is 0 Å². The van der Waals surface area contributed by atoms with Crippen LogP contribution in [0.25, 0.3) is 0 Å². The summed E-state index contributed by atoms with van der Waals surface area (Å²) in [5, 5.41) is 3.56. The lowest BCUT2D eigenvalue weighted by molar-refractivity contribution is 0.266. The molecule has 0 amide bonds. The maximum Gasteiger partial charge on any atom is 0.122 e. The van der Waals surface area contributed by atoms with Crippen LogP contribution in [-0.4, -0.2) is 19.2 Å². The average molecular weight is 312 g/mol. The fourth-order valence-corrected chi connectivity index (χ4v) is 2.86. The van der Waals surface area contributed by atoms with Gasteiger partial charge in [0.25, 0.3) is 0 Å². The zero-order chi connectivity index (χ0) is 12.8. The normalized spacial score (nSPS) is 19.8. The minimum atomic E-state index is 0.652. The molecule has 1 aromatic rings. The summed E-state index contributed by atoms with van der Waals surface area (Å²) in [6, 6.07) is 6.91. The van der Waals surface area contributed by atoms with E-state index in [0.717, 1.165) is 29.7 Å². The standard InChI is InChI=1S/C15H22BrNO/c1-2-12-11-13(16)6-7-15(12)18-10-8-14-5-3-4-9-17-14/h6-7,11,14,17H,2-5,8-10H2,1H3/t14-/m0/s1. The van der Waals surface area contributed by atoms with E-state index in [0.29, 0.717) is 6.04 Å². The van der Waals surface area contributed by atoms with E-state index in [1.165, 1.54) is 31.4 Å². The van der Waals surface area contributed by atoms with Crippen molar-refractivity contribution in [3.05, 3.63) is 28.2 Å².